The third-order valence-electron chi connectivity index (χ3n) is 7.02. The maximum atomic E-state index is 15.5. The van der Waals surface area contributed by atoms with Crippen LogP contribution >= 0.6 is 23.2 Å². The number of benzene rings is 3. The van der Waals surface area contributed by atoms with Crippen LogP contribution in [0.4, 0.5) is 22.0 Å². The summed E-state index contributed by atoms with van der Waals surface area (Å²) in [4.78, 5) is 18.5. The summed E-state index contributed by atoms with van der Waals surface area (Å²) in [7, 11) is -3.90. The molecule has 41 heavy (non-hydrogen) atoms. The predicted octanol–water partition coefficient (Wildman–Crippen LogP) is 6.20. The first-order valence-electron chi connectivity index (χ1n) is 12.0. The number of rotatable bonds is 6. The Morgan fingerprint density at radius 3 is 2.12 bits per heavy atom. The molecular weight excluding hydrogens is 614 g/mol. The summed E-state index contributed by atoms with van der Waals surface area (Å²) in [6, 6.07) is 14.4. The van der Waals surface area contributed by atoms with Gasteiger partial charge in [0.25, 0.3) is 5.60 Å². The average Bonchev–Trinajstić information content (AvgIpc) is 3.37. The van der Waals surface area contributed by atoms with Crippen LogP contribution in [0.5, 0.6) is 0 Å². The van der Waals surface area contributed by atoms with Crippen LogP contribution in [0.1, 0.15) is 23.1 Å². The second-order valence-corrected chi connectivity index (χ2v) is 12.6. The molecule has 1 amide bonds. The van der Waals surface area contributed by atoms with Gasteiger partial charge in [-0.25, -0.2) is 17.2 Å². The minimum Gasteiger partial charge on any atom is -0.374 e. The third-order valence-corrected chi connectivity index (χ3v) is 9.19. The fourth-order valence-electron chi connectivity index (χ4n) is 4.69. The van der Waals surface area contributed by atoms with Gasteiger partial charge in [-0.3, -0.25) is 4.79 Å². The smallest absolute Gasteiger partial charge is 0.374 e. The minimum absolute atomic E-state index is 0.0186. The highest BCUT2D eigenvalue weighted by molar-refractivity contribution is 7.92. The summed E-state index contributed by atoms with van der Waals surface area (Å²) in [5, 5.41) is 2.39. The second-order valence-electron chi connectivity index (χ2n) is 9.75. The van der Waals surface area contributed by atoms with Crippen LogP contribution in [-0.2, 0) is 30.7 Å². The van der Waals surface area contributed by atoms with Crippen LogP contribution in [-0.4, -0.2) is 50.0 Å². The van der Waals surface area contributed by atoms with E-state index in [1.165, 1.54) is 48.5 Å². The van der Waals surface area contributed by atoms with E-state index < -0.39 is 66.8 Å². The summed E-state index contributed by atoms with van der Waals surface area (Å²) in [5.41, 5.74) is -5.23. The average molecular weight is 633 g/mol. The first kappa shape index (κ1) is 29.3. The van der Waals surface area contributed by atoms with Gasteiger partial charge in [-0.1, -0.05) is 70.8 Å². The van der Waals surface area contributed by atoms with E-state index in [4.69, 9.17) is 28.0 Å². The van der Waals surface area contributed by atoms with E-state index in [1.807, 2.05) is 0 Å². The zero-order chi connectivity index (χ0) is 29.8. The highest BCUT2D eigenvalue weighted by Crippen LogP contribution is 2.50. The molecule has 3 aromatic carbocycles. The van der Waals surface area contributed by atoms with Gasteiger partial charge >= 0.3 is 6.18 Å². The standard InChI is InChI=1S/C27H19Cl2F5N2O4S/c28-20-10-18(11-21(29)24(20)30)26(27(32,33)34)12-22(35-40-26)16-6-8-17(9-7-16)25(31)14-36(15-25)23(37)13-41(38,39)19-4-2-1-3-5-19/h1-11H,12-15H2. The van der Waals surface area contributed by atoms with Crippen LogP contribution in [0.2, 0.25) is 10.0 Å². The Morgan fingerprint density at radius 1 is 0.976 bits per heavy atom. The van der Waals surface area contributed by atoms with Crippen molar-refractivity contribution >= 4 is 44.7 Å². The Kier molecular flexibility index (Phi) is 7.32. The molecule has 0 saturated carbocycles. The molecule has 0 bridgehead atoms. The second kappa shape index (κ2) is 10.2. The fourth-order valence-corrected chi connectivity index (χ4v) is 6.42. The number of nitrogens with zero attached hydrogens (tertiary/aromatic N) is 2. The van der Waals surface area contributed by atoms with Crippen molar-refractivity contribution in [2.24, 2.45) is 5.16 Å². The topological polar surface area (TPSA) is 76.0 Å². The van der Waals surface area contributed by atoms with Gasteiger partial charge in [0, 0.05) is 12.0 Å². The molecule has 2 aliphatic rings. The largest absolute Gasteiger partial charge is 0.435 e. The van der Waals surface area contributed by atoms with E-state index >= 15 is 4.39 Å². The van der Waals surface area contributed by atoms with E-state index in [2.05, 4.69) is 5.16 Å². The molecule has 1 saturated heterocycles. The van der Waals surface area contributed by atoms with Crippen LogP contribution in [0, 0.1) is 5.82 Å². The molecule has 0 radical (unpaired) electrons. The highest BCUT2D eigenvalue weighted by atomic mass is 35.5. The number of oxime groups is 1. The first-order chi connectivity index (χ1) is 19.2. The highest BCUT2D eigenvalue weighted by Gasteiger charge is 2.62. The van der Waals surface area contributed by atoms with E-state index in [1.54, 1.807) is 6.07 Å². The maximum Gasteiger partial charge on any atom is 0.435 e. The van der Waals surface area contributed by atoms with Gasteiger partial charge in [-0.2, -0.15) is 13.2 Å². The SMILES string of the molecule is O=C(CS(=O)(=O)c1ccccc1)N1CC(F)(c2ccc(C3=NOC(c4cc(Cl)c(F)c(Cl)c4)(C(F)(F)F)C3)cc2)C1. The molecule has 14 heteroatoms. The lowest BCUT2D eigenvalue weighted by atomic mass is 9.85. The summed E-state index contributed by atoms with van der Waals surface area (Å²) < 4.78 is 97.0. The molecule has 216 valence electrons. The Balaban J connectivity index is 1.28. The van der Waals surface area contributed by atoms with Crippen molar-refractivity contribution in [2.45, 2.75) is 28.8 Å². The molecule has 3 aromatic rings. The molecule has 2 heterocycles. The van der Waals surface area contributed by atoms with Gasteiger partial charge in [0.2, 0.25) is 5.91 Å². The number of alkyl halides is 4. The zero-order valence-electron chi connectivity index (χ0n) is 20.8. The Labute approximate surface area is 241 Å². The molecule has 1 fully saturated rings. The van der Waals surface area contributed by atoms with E-state index in [0.717, 1.165) is 17.0 Å². The summed E-state index contributed by atoms with van der Waals surface area (Å²) in [6.45, 7) is -0.772. The zero-order valence-corrected chi connectivity index (χ0v) is 23.1. The molecule has 0 aliphatic carbocycles. The van der Waals surface area contributed by atoms with E-state index in [-0.39, 0.29) is 34.8 Å². The number of sulfone groups is 1. The first-order valence-corrected chi connectivity index (χ1v) is 14.4. The fraction of sp³-hybridized carbons (Fsp3) is 0.259. The molecule has 1 unspecified atom stereocenters. The van der Waals surface area contributed by atoms with Crippen molar-refractivity contribution in [3.05, 3.63) is 99.3 Å². The minimum atomic E-state index is -4.98. The number of amides is 1. The van der Waals surface area contributed by atoms with Crippen molar-refractivity contribution < 1.29 is 40.0 Å². The predicted molar refractivity (Wildman–Crippen MR) is 141 cm³/mol. The number of hydrogen-bond donors (Lipinski definition) is 0. The van der Waals surface area contributed by atoms with Crippen LogP contribution in [0.15, 0.2) is 76.8 Å². The van der Waals surface area contributed by atoms with Crippen LogP contribution < -0.4 is 0 Å². The van der Waals surface area contributed by atoms with Gasteiger partial charge in [0.1, 0.15) is 5.75 Å². The van der Waals surface area contributed by atoms with Crippen molar-refractivity contribution in [1.29, 1.82) is 0 Å². The lowest BCUT2D eigenvalue weighted by molar-refractivity contribution is -0.275. The number of hydrogen-bond acceptors (Lipinski definition) is 5. The molecule has 0 spiro atoms. The molecule has 5 rings (SSSR count). The quantitative estimate of drug-likeness (QED) is 0.240. The molecular formula is C27H19Cl2F5N2O4S. The number of halogens is 7. The Morgan fingerprint density at radius 2 is 1.56 bits per heavy atom. The van der Waals surface area contributed by atoms with Crippen LogP contribution in [0.3, 0.4) is 0 Å². The monoisotopic (exact) mass is 632 g/mol. The van der Waals surface area contributed by atoms with Gasteiger partial charge in [0.05, 0.1) is 33.7 Å². The van der Waals surface area contributed by atoms with Crippen LogP contribution in [0.25, 0.3) is 0 Å². The summed E-state index contributed by atoms with van der Waals surface area (Å²) in [5.74, 6) is -2.63. The molecule has 2 aliphatic heterocycles. The number of carbonyl (C=O) groups is 1. The van der Waals surface area contributed by atoms with E-state index in [0.29, 0.717) is 0 Å². The summed E-state index contributed by atoms with van der Waals surface area (Å²) >= 11 is 11.4. The third kappa shape index (κ3) is 5.28. The Hall–Kier alpha value is -3.22. The van der Waals surface area contributed by atoms with Gasteiger partial charge < -0.3 is 9.74 Å². The maximum absolute atomic E-state index is 15.5. The van der Waals surface area contributed by atoms with E-state index in [9.17, 15) is 30.8 Å². The molecule has 6 nitrogen and oxygen atoms in total. The lowest BCUT2D eigenvalue weighted by Gasteiger charge is -2.44. The van der Waals surface area contributed by atoms with Crippen molar-refractivity contribution in [2.75, 3.05) is 18.8 Å². The number of likely N-dealkylation sites (tertiary alicyclic amines) is 1. The molecule has 0 N–H and O–H groups in total. The lowest BCUT2D eigenvalue weighted by Crippen LogP contribution is -2.59. The van der Waals surface area contributed by atoms with Gasteiger partial charge in [-0.15, -0.1) is 0 Å². The normalized spacial score (nSPS) is 20.3. The van der Waals surface area contributed by atoms with Gasteiger partial charge in [0.15, 0.2) is 21.3 Å². The van der Waals surface area contributed by atoms with Crippen molar-refractivity contribution in [1.82, 2.24) is 4.90 Å². The van der Waals surface area contributed by atoms with Crippen molar-refractivity contribution in [3.8, 4) is 0 Å². The number of carbonyl (C=O) groups excluding carboxylic acids is 1. The van der Waals surface area contributed by atoms with Gasteiger partial charge in [-0.05, 0) is 35.4 Å². The van der Waals surface area contributed by atoms with Crippen molar-refractivity contribution in [3.63, 3.8) is 0 Å². The molecule has 0 aromatic heterocycles. The Bertz CT molecular complexity index is 1620. The summed E-state index contributed by atoms with van der Waals surface area (Å²) in [6.07, 6.45) is -5.77. The molecule has 1 atom stereocenters.